The molecule has 166 valence electrons. The van der Waals surface area contributed by atoms with Gasteiger partial charge in [0.25, 0.3) is 0 Å². The second-order valence-electron chi connectivity index (χ2n) is 8.80. The SMILES string of the molecule is CC1CN(c2ccc(NC(=O)CNC(C)(C)c3ccc4c(c3)OCO4)cc2)CC(C)O1. The maximum absolute atomic E-state index is 12.5. The Morgan fingerprint density at radius 2 is 1.71 bits per heavy atom. The summed E-state index contributed by atoms with van der Waals surface area (Å²) in [5.74, 6) is 1.40. The van der Waals surface area contributed by atoms with Crippen LogP contribution in [0.1, 0.15) is 33.3 Å². The standard InChI is InChI=1S/C24H31N3O4/c1-16-13-27(14-17(2)31-16)20-8-6-19(7-9-20)26-23(28)12-25-24(3,4)18-5-10-21-22(11-18)30-15-29-21/h5-11,16-17,25H,12-15H2,1-4H3,(H,26,28). The van der Waals surface area contributed by atoms with Crippen LogP contribution in [-0.2, 0) is 15.1 Å². The van der Waals surface area contributed by atoms with Crippen LogP contribution in [0.3, 0.4) is 0 Å². The number of nitrogens with one attached hydrogen (secondary N) is 2. The first kappa shape index (κ1) is 21.5. The largest absolute Gasteiger partial charge is 0.454 e. The average Bonchev–Trinajstić information content (AvgIpc) is 3.20. The molecule has 7 heteroatoms. The summed E-state index contributed by atoms with van der Waals surface area (Å²) in [5, 5.41) is 6.29. The van der Waals surface area contributed by atoms with Crippen LogP contribution < -0.4 is 25.0 Å². The molecule has 2 aliphatic heterocycles. The van der Waals surface area contributed by atoms with Gasteiger partial charge in [0.05, 0.1) is 18.8 Å². The van der Waals surface area contributed by atoms with Crippen LogP contribution in [0.4, 0.5) is 11.4 Å². The fourth-order valence-corrected chi connectivity index (χ4v) is 4.04. The second-order valence-corrected chi connectivity index (χ2v) is 8.80. The number of benzene rings is 2. The predicted octanol–water partition coefficient (Wildman–Crippen LogP) is 3.49. The highest BCUT2D eigenvalue weighted by atomic mass is 16.7. The summed E-state index contributed by atoms with van der Waals surface area (Å²) in [6.45, 7) is 10.4. The molecule has 2 atom stereocenters. The van der Waals surface area contributed by atoms with Crippen molar-refractivity contribution in [1.82, 2.24) is 5.32 Å². The third-order valence-corrected chi connectivity index (χ3v) is 5.72. The number of carbonyl (C=O) groups is 1. The smallest absolute Gasteiger partial charge is 0.238 e. The van der Waals surface area contributed by atoms with Crippen molar-refractivity contribution in [3.8, 4) is 11.5 Å². The molecule has 2 unspecified atom stereocenters. The molecular formula is C24H31N3O4. The summed E-state index contributed by atoms with van der Waals surface area (Å²) in [5.41, 5.74) is 2.56. The molecule has 1 amide bonds. The molecular weight excluding hydrogens is 394 g/mol. The van der Waals surface area contributed by atoms with E-state index in [9.17, 15) is 4.79 Å². The van der Waals surface area contributed by atoms with Gasteiger partial charge in [0.1, 0.15) is 0 Å². The van der Waals surface area contributed by atoms with Crippen LogP contribution in [-0.4, -0.2) is 44.5 Å². The van der Waals surface area contributed by atoms with E-state index in [1.807, 2.05) is 56.3 Å². The lowest BCUT2D eigenvalue weighted by Crippen LogP contribution is -2.45. The fraction of sp³-hybridized carbons (Fsp3) is 0.458. The lowest BCUT2D eigenvalue weighted by molar-refractivity contribution is -0.115. The van der Waals surface area contributed by atoms with Crippen LogP contribution in [0, 0.1) is 0 Å². The minimum atomic E-state index is -0.397. The molecule has 0 bridgehead atoms. The van der Waals surface area contributed by atoms with Crippen molar-refractivity contribution in [2.24, 2.45) is 0 Å². The molecule has 0 spiro atoms. The summed E-state index contributed by atoms with van der Waals surface area (Å²) in [7, 11) is 0. The van der Waals surface area contributed by atoms with Crippen molar-refractivity contribution in [1.29, 1.82) is 0 Å². The Balaban J connectivity index is 1.31. The quantitative estimate of drug-likeness (QED) is 0.738. The van der Waals surface area contributed by atoms with Gasteiger partial charge in [-0.25, -0.2) is 0 Å². The number of rotatable bonds is 6. The zero-order valence-electron chi connectivity index (χ0n) is 18.6. The van der Waals surface area contributed by atoms with Crippen LogP contribution in [0.2, 0.25) is 0 Å². The molecule has 1 fully saturated rings. The molecule has 0 aromatic heterocycles. The number of carbonyl (C=O) groups excluding carboxylic acids is 1. The van der Waals surface area contributed by atoms with E-state index in [-0.39, 0.29) is 31.5 Å². The lowest BCUT2D eigenvalue weighted by atomic mass is 9.94. The topological polar surface area (TPSA) is 72.1 Å². The Hall–Kier alpha value is -2.77. The zero-order chi connectivity index (χ0) is 22.0. The van der Waals surface area contributed by atoms with Gasteiger partial charge in [0, 0.05) is 30.0 Å². The van der Waals surface area contributed by atoms with E-state index in [4.69, 9.17) is 14.2 Å². The van der Waals surface area contributed by atoms with Crippen molar-refractivity contribution in [2.45, 2.75) is 45.4 Å². The first-order valence-electron chi connectivity index (χ1n) is 10.8. The molecule has 2 heterocycles. The Morgan fingerprint density at radius 1 is 1.03 bits per heavy atom. The number of nitrogens with zero attached hydrogens (tertiary/aromatic N) is 1. The van der Waals surface area contributed by atoms with Crippen LogP contribution >= 0.6 is 0 Å². The maximum atomic E-state index is 12.5. The van der Waals surface area contributed by atoms with E-state index in [1.165, 1.54) is 0 Å². The van der Waals surface area contributed by atoms with E-state index < -0.39 is 5.54 Å². The maximum Gasteiger partial charge on any atom is 0.238 e. The summed E-state index contributed by atoms with van der Waals surface area (Å²) in [6.07, 6.45) is 0.421. The summed E-state index contributed by atoms with van der Waals surface area (Å²) in [6, 6.07) is 13.8. The Bertz CT molecular complexity index is 919. The van der Waals surface area contributed by atoms with Crippen molar-refractivity contribution in [3.05, 3.63) is 48.0 Å². The minimum Gasteiger partial charge on any atom is -0.454 e. The number of anilines is 2. The van der Waals surface area contributed by atoms with E-state index in [2.05, 4.69) is 29.4 Å². The monoisotopic (exact) mass is 425 g/mol. The lowest BCUT2D eigenvalue weighted by Gasteiger charge is -2.36. The highest BCUT2D eigenvalue weighted by Gasteiger charge is 2.25. The second kappa shape index (κ2) is 8.77. The van der Waals surface area contributed by atoms with Gasteiger partial charge >= 0.3 is 0 Å². The molecule has 7 nitrogen and oxygen atoms in total. The van der Waals surface area contributed by atoms with Gasteiger partial charge in [-0.15, -0.1) is 0 Å². The third kappa shape index (κ3) is 5.11. The van der Waals surface area contributed by atoms with Gasteiger partial charge in [0.2, 0.25) is 12.7 Å². The number of hydrogen-bond acceptors (Lipinski definition) is 6. The molecule has 0 radical (unpaired) electrons. The van der Waals surface area contributed by atoms with Gasteiger partial charge in [-0.1, -0.05) is 6.07 Å². The predicted molar refractivity (Wildman–Crippen MR) is 121 cm³/mol. The van der Waals surface area contributed by atoms with Crippen LogP contribution in [0.5, 0.6) is 11.5 Å². The zero-order valence-corrected chi connectivity index (χ0v) is 18.6. The van der Waals surface area contributed by atoms with Gasteiger partial charge in [-0.05, 0) is 69.7 Å². The van der Waals surface area contributed by atoms with E-state index in [0.29, 0.717) is 0 Å². The number of hydrogen-bond donors (Lipinski definition) is 2. The highest BCUT2D eigenvalue weighted by Crippen LogP contribution is 2.35. The molecule has 2 aliphatic rings. The van der Waals surface area contributed by atoms with Gasteiger partial charge in [-0.2, -0.15) is 0 Å². The van der Waals surface area contributed by atoms with Crippen molar-refractivity contribution in [3.63, 3.8) is 0 Å². The summed E-state index contributed by atoms with van der Waals surface area (Å²) < 4.78 is 16.6. The molecule has 31 heavy (non-hydrogen) atoms. The Kier molecular flexibility index (Phi) is 6.07. The molecule has 0 aliphatic carbocycles. The van der Waals surface area contributed by atoms with Crippen molar-refractivity contribution in [2.75, 3.05) is 36.6 Å². The van der Waals surface area contributed by atoms with Gasteiger partial charge in [0.15, 0.2) is 11.5 Å². The number of morpholine rings is 1. The number of ether oxygens (including phenoxy) is 3. The normalized spacial score (nSPS) is 20.6. The van der Waals surface area contributed by atoms with E-state index in [0.717, 1.165) is 41.5 Å². The molecule has 2 aromatic rings. The van der Waals surface area contributed by atoms with Gasteiger partial charge in [-0.3, -0.25) is 10.1 Å². The Labute approximate surface area is 183 Å². The van der Waals surface area contributed by atoms with Crippen LogP contribution in [0.25, 0.3) is 0 Å². The van der Waals surface area contributed by atoms with Gasteiger partial charge < -0.3 is 24.4 Å². The average molecular weight is 426 g/mol. The molecule has 2 aromatic carbocycles. The van der Waals surface area contributed by atoms with Crippen molar-refractivity contribution < 1.29 is 19.0 Å². The van der Waals surface area contributed by atoms with Crippen molar-refractivity contribution >= 4 is 17.3 Å². The third-order valence-electron chi connectivity index (χ3n) is 5.72. The van der Waals surface area contributed by atoms with E-state index in [1.54, 1.807) is 0 Å². The molecule has 2 N–H and O–H groups in total. The fourth-order valence-electron chi connectivity index (χ4n) is 4.04. The summed E-state index contributed by atoms with van der Waals surface area (Å²) >= 11 is 0. The minimum absolute atomic E-state index is 0.0878. The first-order chi connectivity index (χ1) is 14.8. The first-order valence-corrected chi connectivity index (χ1v) is 10.8. The Morgan fingerprint density at radius 3 is 2.42 bits per heavy atom. The van der Waals surface area contributed by atoms with Crippen LogP contribution in [0.15, 0.2) is 42.5 Å². The molecule has 4 rings (SSSR count). The highest BCUT2D eigenvalue weighted by molar-refractivity contribution is 5.92. The number of amides is 1. The molecule has 0 saturated carbocycles. The summed E-state index contributed by atoms with van der Waals surface area (Å²) in [4.78, 5) is 14.8. The molecule has 1 saturated heterocycles. The van der Waals surface area contributed by atoms with E-state index >= 15 is 0 Å². The number of fused-ring (bicyclic) bond motifs is 1.